The van der Waals surface area contributed by atoms with Gasteiger partial charge < -0.3 is 0 Å². The largest absolute Gasteiger partial charge is 0.359 e. The predicted molar refractivity (Wildman–Crippen MR) is 152 cm³/mol. The second-order valence-electron chi connectivity index (χ2n) is 8.79. The van der Waals surface area contributed by atoms with Crippen LogP contribution < -0.4 is 11.4 Å². The van der Waals surface area contributed by atoms with Gasteiger partial charge in [-0.15, -0.1) is 0 Å². The molecule has 7 rings (SSSR count). The van der Waals surface area contributed by atoms with Crippen molar-refractivity contribution in [2.24, 2.45) is 0 Å². The Balaban J connectivity index is 1.35. The molecule has 0 radical (unpaired) electrons. The highest BCUT2D eigenvalue weighted by molar-refractivity contribution is 7.23. The van der Waals surface area contributed by atoms with Gasteiger partial charge in [0.25, 0.3) is 0 Å². The number of hydrogen-bond donors (Lipinski definition) is 0. The van der Waals surface area contributed by atoms with Crippen LogP contribution in [0.2, 0.25) is 0 Å². The number of thiazole rings is 1. The molecule has 0 aliphatic rings. The number of fused-ring (bicyclic) bond motifs is 3. The molecule has 186 valence electrons. The van der Waals surface area contributed by atoms with Crippen molar-refractivity contribution in [1.82, 2.24) is 28.9 Å². The summed E-state index contributed by atoms with van der Waals surface area (Å²) in [5.41, 5.74) is 2.50. The van der Waals surface area contributed by atoms with Gasteiger partial charge in [-0.3, -0.25) is 0 Å². The molecule has 0 aliphatic carbocycles. The van der Waals surface area contributed by atoms with Crippen LogP contribution in [-0.4, -0.2) is 28.9 Å². The summed E-state index contributed by atoms with van der Waals surface area (Å²) in [6.07, 6.45) is 0. The van der Waals surface area contributed by atoms with Crippen LogP contribution in [0.25, 0.3) is 55.0 Å². The van der Waals surface area contributed by atoms with E-state index in [2.05, 4.69) is 4.98 Å². The van der Waals surface area contributed by atoms with E-state index >= 15 is 0 Å². The third-order valence-electron chi connectivity index (χ3n) is 6.35. The van der Waals surface area contributed by atoms with E-state index in [1.54, 1.807) is 24.3 Å². The molecule has 0 bridgehead atoms. The smallest absolute Gasteiger partial charge is 0.247 e. The summed E-state index contributed by atoms with van der Waals surface area (Å²) in [4.78, 5) is 45.1. The van der Waals surface area contributed by atoms with Gasteiger partial charge in [-0.2, -0.15) is 4.98 Å². The molecule has 7 aromatic rings. The molecule has 4 aromatic carbocycles. The average Bonchev–Trinajstić information content (AvgIpc) is 3.36. The van der Waals surface area contributed by atoms with Crippen LogP contribution in [0.4, 0.5) is 0 Å². The molecule has 9 heteroatoms. The Morgan fingerprint density at radius 2 is 1.05 bits per heavy atom. The molecule has 0 atom stereocenters. The Morgan fingerprint density at radius 3 is 1.64 bits per heavy atom. The predicted octanol–water partition coefficient (Wildman–Crippen LogP) is 5.25. The molecule has 0 N–H and O–H groups in total. The van der Waals surface area contributed by atoms with E-state index in [1.165, 1.54) is 15.7 Å². The Hall–Kier alpha value is -5.28. The van der Waals surface area contributed by atoms with E-state index in [-0.39, 0.29) is 0 Å². The van der Waals surface area contributed by atoms with Crippen LogP contribution in [0.5, 0.6) is 0 Å². The topological polar surface area (TPSA) is 95.0 Å². The number of benzene rings is 4. The monoisotopic (exact) mass is 526 g/mol. The maximum absolute atomic E-state index is 13.4. The Bertz CT molecular complexity index is 2040. The minimum absolute atomic E-state index is 0.367. The van der Waals surface area contributed by atoms with Gasteiger partial charge in [0.1, 0.15) is 0 Å². The molecule has 8 nitrogen and oxygen atoms in total. The third kappa shape index (κ3) is 4.01. The minimum Gasteiger partial charge on any atom is -0.247 e. The van der Waals surface area contributed by atoms with Gasteiger partial charge in [0.05, 0.1) is 15.9 Å². The fraction of sp³-hybridized carbons (Fsp3) is 0. The van der Waals surface area contributed by atoms with Gasteiger partial charge in [0.15, 0.2) is 17.5 Å². The number of nitrogens with zero attached hydrogens (tertiary/aromatic N) is 6. The van der Waals surface area contributed by atoms with Crippen molar-refractivity contribution in [3.8, 4) is 39.9 Å². The first-order valence-corrected chi connectivity index (χ1v) is 13.0. The number of hydrogen-bond acceptors (Lipinski definition) is 7. The molecule has 0 saturated carbocycles. The zero-order valence-electron chi connectivity index (χ0n) is 20.3. The van der Waals surface area contributed by atoms with Gasteiger partial charge in [-0.05, 0) is 36.4 Å². The number of para-hydroxylation sites is 1. The van der Waals surface area contributed by atoms with Crippen molar-refractivity contribution in [2.45, 2.75) is 0 Å². The van der Waals surface area contributed by atoms with Crippen molar-refractivity contribution >= 4 is 26.5 Å². The molecule has 3 aromatic heterocycles. The second kappa shape index (κ2) is 9.23. The summed E-state index contributed by atoms with van der Waals surface area (Å²) in [6.45, 7) is 0. The first kappa shape index (κ1) is 22.9. The van der Waals surface area contributed by atoms with Crippen molar-refractivity contribution < 1.29 is 0 Å². The molecule has 0 saturated heterocycles. The molecule has 0 aliphatic heterocycles. The van der Waals surface area contributed by atoms with Crippen molar-refractivity contribution in [1.29, 1.82) is 0 Å². The van der Waals surface area contributed by atoms with Crippen LogP contribution in [0.1, 0.15) is 0 Å². The summed E-state index contributed by atoms with van der Waals surface area (Å²) in [7, 11) is 0. The maximum atomic E-state index is 13.4. The lowest BCUT2D eigenvalue weighted by atomic mass is 10.1. The second-order valence-corrected chi connectivity index (χ2v) is 9.79. The number of aromatic nitrogens is 6. The van der Waals surface area contributed by atoms with Gasteiger partial charge in [0, 0.05) is 16.7 Å². The Kier molecular flexibility index (Phi) is 5.42. The fourth-order valence-corrected chi connectivity index (χ4v) is 5.46. The van der Waals surface area contributed by atoms with E-state index < -0.39 is 11.4 Å². The summed E-state index contributed by atoms with van der Waals surface area (Å²) >= 11 is 1.31. The summed E-state index contributed by atoms with van der Waals surface area (Å²) in [5, 5.41) is 0. The van der Waals surface area contributed by atoms with E-state index in [0.29, 0.717) is 33.6 Å². The highest BCUT2D eigenvalue weighted by Gasteiger charge is 2.16. The normalized spacial score (nSPS) is 11.3. The van der Waals surface area contributed by atoms with E-state index in [1.807, 2.05) is 84.9 Å². The van der Waals surface area contributed by atoms with E-state index in [9.17, 15) is 9.59 Å². The Morgan fingerprint density at radius 1 is 0.538 bits per heavy atom. The highest BCUT2D eigenvalue weighted by atomic mass is 32.1. The van der Waals surface area contributed by atoms with Gasteiger partial charge in [-0.25, -0.2) is 33.5 Å². The quantitative estimate of drug-likeness (QED) is 0.311. The number of rotatable bonds is 4. The van der Waals surface area contributed by atoms with Crippen molar-refractivity contribution in [3.63, 3.8) is 0 Å². The molecule has 0 spiro atoms. The molecule has 0 fully saturated rings. The fourth-order valence-electron chi connectivity index (χ4n) is 4.46. The van der Waals surface area contributed by atoms with Crippen LogP contribution in [0, 0.1) is 0 Å². The van der Waals surface area contributed by atoms with Crippen molar-refractivity contribution in [2.75, 3.05) is 0 Å². The zero-order chi connectivity index (χ0) is 26.3. The van der Waals surface area contributed by atoms with Crippen LogP contribution in [0.3, 0.4) is 0 Å². The van der Waals surface area contributed by atoms with Crippen LogP contribution in [0.15, 0.2) is 119 Å². The van der Waals surface area contributed by atoms with Crippen LogP contribution >= 0.6 is 11.3 Å². The standard InChI is InChI=1S/C30H18N6O2S/c37-28-34-29-36(23-13-7-8-14-24(23)39-29)30(38)35(28)22-17-15-21(16-18-22)27-32-25(19-9-3-1-4-10-19)31-26(33-27)20-11-5-2-6-12-20/h1-18H. The molecule has 0 unspecified atom stereocenters. The van der Waals surface area contributed by atoms with Gasteiger partial charge in [-0.1, -0.05) is 84.1 Å². The SMILES string of the molecule is O=c1nc2sc3ccccc3n2c(=O)n1-c1ccc(-c2nc(-c3ccccc3)nc(-c3ccccc3)n2)cc1. The summed E-state index contributed by atoms with van der Waals surface area (Å²) in [6, 6.07) is 33.9. The first-order chi connectivity index (χ1) is 19.2. The minimum atomic E-state index is -0.628. The first-order valence-electron chi connectivity index (χ1n) is 12.2. The lowest BCUT2D eigenvalue weighted by Gasteiger charge is -2.09. The maximum Gasteiger partial charge on any atom is 0.359 e. The van der Waals surface area contributed by atoms with Gasteiger partial charge >= 0.3 is 11.4 Å². The van der Waals surface area contributed by atoms with E-state index in [0.717, 1.165) is 26.0 Å². The highest BCUT2D eigenvalue weighted by Crippen LogP contribution is 2.26. The molecule has 3 heterocycles. The lowest BCUT2D eigenvalue weighted by Crippen LogP contribution is -2.37. The molecular formula is C30H18N6O2S. The molecular weight excluding hydrogens is 508 g/mol. The third-order valence-corrected chi connectivity index (χ3v) is 7.37. The Labute approximate surface area is 225 Å². The van der Waals surface area contributed by atoms with Gasteiger partial charge in [0.2, 0.25) is 4.96 Å². The molecule has 39 heavy (non-hydrogen) atoms. The molecule has 0 amide bonds. The lowest BCUT2D eigenvalue weighted by molar-refractivity contribution is 0.814. The summed E-state index contributed by atoms with van der Waals surface area (Å²) < 4.78 is 3.43. The average molecular weight is 527 g/mol. The zero-order valence-corrected chi connectivity index (χ0v) is 21.1. The van der Waals surface area contributed by atoms with Crippen LogP contribution in [-0.2, 0) is 0 Å². The summed E-state index contributed by atoms with van der Waals surface area (Å²) in [5.74, 6) is 1.59. The van der Waals surface area contributed by atoms with Crippen molar-refractivity contribution in [3.05, 3.63) is 130 Å². The van der Waals surface area contributed by atoms with E-state index in [4.69, 9.17) is 15.0 Å².